The van der Waals surface area contributed by atoms with Crippen molar-refractivity contribution in [3.05, 3.63) is 44.1 Å². The maximum absolute atomic E-state index is 6.25. The molecule has 0 aromatic heterocycles. The summed E-state index contributed by atoms with van der Waals surface area (Å²) in [5.74, 6) is 2.16. The topological polar surface area (TPSA) is 53.7 Å². The molecule has 5 heteroatoms. The van der Waals surface area contributed by atoms with Crippen LogP contribution >= 0.6 is 0 Å². The summed E-state index contributed by atoms with van der Waals surface area (Å²) in [7, 11) is 0. The summed E-state index contributed by atoms with van der Waals surface area (Å²) in [6.07, 6.45) is 15.7. The molecule has 2 N–H and O–H groups in total. The van der Waals surface area contributed by atoms with Crippen LogP contribution in [0.3, 0.4) is 0 Å². The van der Waals surface area contributed by atoms with Gasteiger partial charge >= 0.3 is 0 Å². The first kappa shape index (κ1) is 36.6. The Morgan fingerprint density at radius 3 is 1.73 bits per heavy atom. The molecule has 216 valence electrons. The fraction of sp³-hybridized carbons (Fsp3) is 0.781. The third-order valence-corrected chi connectivity index (χ3v) is 8.26. The van der Waals surface area contributed by atoms with Crippen LogP contribution in [0.2, 0.25) is 0 Å². The van der Waals surface area contributed by atoms with Crippen LogP contribution in [-0.2, 0) is 35.3 Å². The molecule has 2 atom stereocenters. The molecule has 0 radical (unpaired) electrons. The van der Waals surface area contributed by atoms with Crippen LogP contribution in [0.25, 0.3) is 0 Å². The Balaban J connectivity index is 0.00000648. The molecule has 0 saturated heterocycles. The molecule has 0 heterocycles. The summed E-state index contributed by atoms with van der Waals surface area (Å²) in [6, 6.07) is 0. The van der Waals surface area contributed by atoms with E-state index in [4.69, 9.17) is 19.9 Å². The fourth-order valence-corrected chi connectivity index (χ4v) is 5.90. The quantitative estimate of drug-likeness (QED) is 0.0965. The predicted octanol–water partition coefficient (Wildman–Crippen LogP) is 8.73. The van der Waals surface area contributed by atoms with E-state index in [2.05, 4.69) is 47.8 Å². The van der Waals surface area contributed by atoms with Crippen molar-refractivity contribution in [2.75, 3.05) is 0 Å². The third-order valence-electron chi connectivity index (χ3n) is 8.26. The minimum absolute atomic E-state index is 0. The molecule has 2 aliphatic carbocycles. The SMILES string of the molecule is C=C(/C=C\C(=C)OC(C)OC1CCC(C(C)(C)C2CCC(OC(C)N)CC2)CC1)CCC(C)(C)C.[CH3-].[W]. The molecule has 2 aliphatic rings. The van der Waals surface area contributed by atoms with Gasteiger partial charge in [-0.25, -0.2) is 0 Å². The number of nitrogens with two attached hydrogens (primary N) is 1. The normalized spacial score (nSPS) is 26.5. The van der Waals surface area contributed by atoms with E-state index < -0.39 is 0 Å². The van der Waals surface area contributed by atoms with Crippen molar-refractivity contribution in [2.45, 2.75) is 137 Å². The van der Waals surface area contributed by atoms with E-state index >= 15 is 0 Å². The molecule has 2 saturated carbocycles. The van der Waals surface area contributed by atoms with Crippen molar-refractivity contribution < 1.29 is 35.3 Å². The predicted molar refractivity (Wildman–Crippen MR) is 154 cm³/mol. The standard InChI is InChI=1S/C31H55NO3.CH3.W/c1-22(20-21-30(5,6)7)10-11-23(2)33-25(4)35-29-18-14-27(15-19-29)31(8,9)26-12-16-28(17-13-26)34-24(3)32;;/h10-11,24-29H,1-2,12-21,32H2,3-9H3;1H3;/q;-1;/b11-10-;;. The molecular formula is C32H58NO3W-. The molecule has 0 aromatic carbocycles. The second-order valence-electron chi connectivity index (χ2n) is 12.9. The summed E-state index contributed by atoms with van der Waals surface area (Å²) in [5, 5.41) is 0. The second kappa shape index (κ2) is 16.6. The Labute approximate surface area is 244 Å². The number of ether oxygens (including phenoxy) is 3. The van der Waals surface area contributed by atoms with Crippen LogP contribution in [0.1, 0.15) is 113 Å². The number of allylic oxidation sites excluding steroid dienone is 3. The molecule has 0 aromatic rings. The van der Waals surface area contributed by atoms with Gasteiger partial charge in [0, 0.05) is 21.1 Å². The van der Waals surface area contributed by atoms with Crippen molar-refractivity contribution in [2.24, 2.45) is 28.4 Å². The molecule has 4 nitrogen and oxygen atoms in total. The van der Waals surface area contributed by atoms with Crippen molar-refractivity contribution in [1.82, 2.24) is 0 Å². The molecule has 2 unspecified atom stereocenters. The van der Waals surface area contributed by atoms with E-state index in [9.17, 15) is 0 Å². The van der Waals surface area contributed by atoms with Crippen LogP contribution < -0.4 is 5.73 Å². The zero-order valence-corrected chi connectivity index (χ0v) is 28.2. The first-order chi connectivity index (χ1) is 16.3. The summed E-state index contributed by atoms with van der Waals surface area (Å²) in [4.78, 5) is 0. The van der Waals surface area contributed by atoms with Gasteiger partial charge in [0.15, 0.2) is 6.29 Å². The van der Waals surface area contributed by atoms with Gasteiger partial charge in [-0.2, -0.15) is 0 Å². The summed E-state index contributed by atoms with van der Waals surface area (Å²) >= 11 is 0. The zero-order chi connectivity index (χ0) is 26.2. The largest absolute Gasteiger partial charge is 0.466 e. The second-order valence-corrected chi connectivity index (χ2v) is 12.9. The van der Waals surface area contributed by atoms with Crippen molar-refractivity contribution in [1.29, 1.82) is 0 Å². The van der Waals surface area contributed by atoms with Crippen molar-refractivity contribution in [3.8, 4) is 0 Å². The van der Waals surface area contributed by atoms with Gasteiger partial charge in [-0.05, 0) is 107 Å². The molecule has 0 amide bonds. The number of hydrogen-bond donors (Lipinski definition) is 1. The molecular weight excluding hydrogens is 630 g/mol. The monoisotopic (exact) mass is 688 g/mol. The van der Waals surface area contributed by atoms with Crippen LogP contribution in [-0.4, -0.2) is 24.7 Å². The first-order valence-electron chi connectivity index (χ1n) is 14.0. The van der Waals surface area contributed by atoms with Crippen LogP contribution in [0.5, 0.6) is 0 Å². The van der Waals surface area contributed by atoms with Gasteiger partial charge in [-0.3, -0.25) is 0 Å². The van der Waals surface area contributed by atoms with Crippen LogP contribution in [0.15, 0.2) is 36.6 Å². The molecule has 0 spiro atoms. The van der Waals surface area contributed by atoms with E-state index in [-0.39, 0.29) is 47.1 Å². The number of rotatable bonds is 12. The Kier molecular flexibility index (Phi) is 16.5. The number of hydrogen-bond acceptors (Lipinski definition) is 4. The Bertz CT molecular complexity index is 693. The molecule has 37 heavy (non-hydrogen) atoms. The summed E-state index contributed by atoms with van der Waals surface area (Å²) in [5.41, 5.74) is 7.62. The fourth-order valence-electron chi connectivity index (χ4n) is 5.90. The van der Waals surface area contributed by atoms with Crippen LogP contribution in [0, 0.1) is 30.1 Å². The summed E-state index contributed by atoms with van der Waals surface area (Å²) in [6.45, 7) is 23.9. The van der Waals surface area contributed by atoms with E-state index in [1.165, 1.54) is 25.7 Å². The van der Waals surface area contributed by atoms with Gasteiger partial charge in [-0.15, -0.1) is 0 Å². The molecule has 0 bridgehead atoms. The van der Waals surface area contributed by atoms with Gasteiger partial charge < -0.3 is 27.4 Å². The van der Waals surface area contributed by atoms with E-state index in [1.807, 2.05) is 26.0 Å². The zero-order valence-electron chi connectivity index (χ0n) is 25.3. The summed E-state index contributed by atoms with van der Waals surface area (Å²) < 4.78 is 18.0. The average Bonchev–Trinajstić information content (AvgIpc) is 2.76. The third kappa shape index (κ3) is 13.5. The minimum atomic E-state index is -0.287. The van der Waals surface area contributed by atoms with Crippen molar-refractivity contribution in [3.63, 3.8) is 0 Å². The van der Waals surface area contributed by atoms with Gasteiger partial charge in [0.05, 0.1) is 12.2 Å². The minimum Gasteiger partial charge on any atom is -0.466 e. The maximum Gasteiger partial charge on any atom is 0.197 e. The smallest absolute Gasteiger partial charge is 0.197 e. The molecule has 2 fully saturated rings. The van der Waals surface area contributed by atoms with Gasteiger partial charge in [-0.1, -0.05) is 59.4 Å². The Hall–Kier alpha value is -0.412. The van der Waals surface area contributed by atoms with E-state index in [0.717, 1.165) is 55.9 Å². The Morgan fingerprint density at radius 1 is 0.838 bits per heavy atom. The molecule has 2 rings (SSSR count). The molecule has 0 aliphatic heterocycles. The van der Waals surface area contributed by atoms with E-state index in [0.29, 0.717) is 22.7 Å². The Morgan fingerprint density at radius 2 is 1.30 bits per heavy atom. The van der Waals surface area contributed by atoms with Gasteiger partial charge in [0.25, 0.3) is 0 Å². The maximum atomic E-state index is 6.25. The van der Waals surface area contributed by atoms with Gasteiger partial charge in [0.2, 0.25) is 0 Å². The van der Waals surface area contributed by atoms with Crippen molar-refractivity contribution >= 4 is 0 Å². The van der Waals surface area contributed by atoms with E-state index in [1.54, 1.807) is 0 Å². The first-order valence-corrected chi connectivity index (χ1v) is 14.0. The average molecular weight is 689 g/mol. The van der Waals surface area contributed by atoms with Crippen LogP contribution in [0.4, 0.5) is 0 Å². The van der Waals surface area contributed by atoms with Gasteiger partial charge in [0.1, 0.15) is 12.0 Å².